The predicted octanol–water partition coefficient (Wildman–Crippen LogP) is 1.96. The summed E-state index contributed by atoms with van der Waals surface area (Å²) in [5.41, 5.74) is 2.82. The highest BCUT2D eigenvalue weighted by atomic mass is 16.5. The first kappa shape index (κ1) is 19.8. The Morgan fingerprint density at radius 3 is 2.39 bits per heavy atom. The zero-order valence-electron chi connectivity index (χ0n) is 15.9. The zero-order chi connectivity index (χ0) is 19.9. The molecule has 1 aliphatic rings. The van der Waals surface area contributed by atoms with E-state index in [1.165, 1.54) is 0 Å². The molecule has 1 fully saturated rings. The fraction of sp³-hybridized carbons (Fsp3) is 0.350. The summed E-state index contributed by atoms with van der Waals surface area (Å²) < 4.78 is 0. The molecule has 0 atom stereocenters. The smallest absolute Gasteiger partial charge is 0.322 e. The minimum Gasteiger partial charge on any atom is -0.322 e. The number of anilines is 1. The summed E-state index contributed by atoms with van der Waals surface area (Å²) >= 11 is 0. The number of piperazine rings is 1. The van der Waals surface area contributed by atoms with Crippen molar-refractivity contribution in [2.24, 2.45) is 0 Å². The van der Waals surface area contributed by atoms with Crippen molar-refractivity contribution in [1.82, 2.24) is 20.3 Å². The molecule has 0 radical (unpaired) electrons. The van der Waals surface area contributed by atoms with E-state index in [1.807, 2.05) is 23.1 Å². The molecule has 1 aromatic carbocycles. The third-order valence-electron chi connectivity index (χ3n) is 4.91. The maximum absolute atomic E-state index is 13.2. The number of urea groups is 1. The van der Waals surface area contributed by atoms with Crippen molar-refractivity contribution >= 4 is 17.8 Å². The van der Waals surface area contributed by atoms with Crippen LogP contribution in [0.25, 0.3) is 0 Å². The van der Waals surface area contributed by atoms with Gasteiger partial charge in [0.25, 0.3) is 5.91 Å². The van der Waals surface area contributed by atoms with E-state index in [2.05, 4.69) is 16.8 Å². The van der Waals surface area contributed by atoms with Crippen LogP contribution >= 0.6 is 0 Å². The van der Waals surface area contributed by atoms with Gasteiger partial charge in [-0.15, -0.1) is 0 Å². The molecule has 8 nitrogen and oxygen atoms in total. The van der Waals surface area contributed by atoms with Gasteiger partial charge in [0.1, 0.15) is 5.82 Å². The van der Waals surface area contributed by atoms with Crippen molar-refractivity contribution in [3.63, 3.8) is 0 Å². The first-order valence-electron chi connectivity index (χ1n) is 9.35. The highest BCUT2D eigenvalue weighted by Gasteiger charge is 2.26. The van der Waals surface area contributed by atoms with E-state index in [-0.39, 0.29) is 6.03 Å². The normalized spacial score (nSPS) is 14.6. The molecule has 28 heavy (non-hydrogen) atoms. The summed E-state index contributed by atoms with van der Waals surface area (Å²) in [6.07, 6.45) is 1.67. The van der Waals surface area contributed by atoms with Gasteiger partial charge in [-0.1, -0.05) is 25.1 Å². The van der Waals surface area contributed by atoms with Gasteiger partial charge in [0.2, 0.25) is 0 Å². The van der Waals surface area contributed by atoms with Crippen LogP contribution in [0.1, 0.15) is 22.8 Å². The van der Waals surface area contributed by atoms with Gasteiger partial charge in [-0.25, -0.2) is 15.3 Å². The Morgan fingerprint density at radius 1 is 1.11 bits per heavy atom. The lowest BCUT2D eigenvalue weighted by molar-refractivity contribution is 0.0706. The average Bonchev–Trinajstić information content (AvgIpc) is 2.77. The van der Waals surface area contributed by atoms with Crippen LogP contribution < -0.4 is 10.4 Å². The molecule has 2 heterocycles. The predicted molar refractivity (Wildman–Crippen MR) is 105 cm³/mol. The van der Waals surface area contributed by atoms with Gasteiger partial charge in [0.05, 0.1) is 6.54 Å². The minimum absolute atomic E-state index is 0.0772. The first-order chi connectivity index (χ1) is 13.6. The van der Waals surface area contributed by atoms with Gasteiger partial charge in [-0.2, -0.15) is 0 Å². The number of hydrogen-bond donors (Lipinski definition) is 2. The van der Waals surface area contributed by atoms with Gasteiger partial charge in [-0.05, 0) is 36.4 Å². The van der Waals surface area contributed by atoms with Crippen LogP contribution in [-0.2, 0) is 6.54 Å². The van der Waals surface area contributed by atoms with Crippen LogP contribution in [0.15, 0.2) is 48.7 Å². The van der Waals surface area contributed by atoms with E-state index in [1.54, 1.807) is 40.8 Å². The molecule has 1 aromatic heterocycles. The first-order valence-corrected chi connectivity index (χ1v) is 9.35. The molecule has 2 N–H and O–H groups in total. The van der Waals surface area contributed by atoms with E-state index in [9.17, 15) is 9.59 Å². The van der Waals surface area contributed by atoms with Crippen molar-refractivity contribution in [3.05, 3.63) is 59.8 Å². The molecule has 2 aromatic rings. The summed E-state index contributed by atoms with van der Waals surface area (Å²) in [7, 11) is 0. The summed E-state index contributed by atoms with van der Waals surface area (Å²) in [5, 5.41) is 8.74. The molecule has 1 aliphatic heterocycles. The molecule has 0 spiro atoms. The number of benzene rings is 1. The van der Waals surface area contributed by atoms with Crippen LogP contribution in [0.3, 0.4) is 0 Å². The molecule has 3 rings (SSSR count). The number of hydrogen-bond acceptors (Lipinski definition) is 5. The van der Waals surface area contributed by atoms with Gasteiger partial charge in [0, 0.05) is 37.9 Å². The molecule has 148 valence electrons. The van der Waals surface area contributed by atoms with Crippen LogP contribution in [0.2, 0.25) is 0 Å². The molecule has 0 bridgehead atoms. The maximum atomic E-state index is 13.2. The second-order valence-electron chi connectivity index (χ2n) is 6.62. The van der Waals surface area contributed by atoms with Gasteiger partial charge >= 0.3 is 6.03 Å². The van der Waals surface area contributed by atoms with E-state index in [0.717, 1.165) is 25.2 Å². The monoisotopic (exact) mass is 383 g/mol. The summed E-state index contributed by atoms with van der Waals surface area (Å²) in [6.45, 7) is 6.55. The quantitative estimate of drug-likeness (QED) is 0.609. The van der Waals surface area contributed by atoms with E-state index in [0.29, 0.717) is 31.0 Å². The largest absolute Gasteiger partial charge is 0.326 e. The number of rotatable bonds is 5. The molecule has 0 saturated carbocycles. The van der Waals surface area contributed by atoms with Crippen molar-refractivity contribution < 1.29 is 14.8 Å². The Balaban J connectivity index is 1.78. The Morgan fingerprint density at radius 2 is 1.82 bits per heavy atom. The molecule has 1 saturated heterocycles. The molecule has 8 heteroatoms. The van der Waals surface area contributed by atoms with Crippen molar-refractivity contribution in [2.45, 2.75) is 13.5 Å². The van der Waals surface area contributed by atoms with Crippen LogP contribution in [-0.4, -0.2) is 64.7 Å². The van der Waals surface area contributed by atoms with Gasteiger partial charge in [-0.3, -0.25) is 14.9 Å². The summed E-state index contributed by atoms with van der Waals surface area (Å²) in [6, 6.07) is 12.2. The number of amides is 3. The minimum atomic E-state index is -0.571. The summed E-state index contributed by atoms with van der Waals surface area (Å²) in [4.78, 5) is 34.9. The molecule has 0 unspecified atom stereocenters. The standard InChI is InChI=1S/C20H25N5O3/c1-2-23-11-13-24(14-12-23)20(27)25(18-5-3-4-10-21-18)15-16-6-8-17(9-7-16)19(26)22-28/h3-10,28H,2,11-15H2,1H3,(H,22,26). The SMILES string of the molecule is CCN1CCN(C(=O)N(Cc2ccc(C(=O)NO)cc2)c2ccccn2)CC1. The molecule has 3 amide bonds. The lowest BCUT2D eigenvalue weighted by atomic mass is 10.1. The molecule has 0 aliphatic carbocycles. The fourth-order valence-electron chi connectivity index (χ4n) is 3.19. The zero-order valence-corrected chi connectivity index (χ0v) is 15.9. The lowest BCUT2D eigenvalue weighted by Gasteiger charge is -2.37. The lowest BCUT2D eigenvalue weighted by Crippen LogP contribution is -2.52. The van der Waals surface area contributed by atoms with Crippen molar-refractivity contribution in [3.8, 4) is 0 Å². The number of aromatic nitrogens is 1. The van der Waals surface area contributed by atoms with Gasteiger partial charge in [0.15, 0.2) is 0 Å². The number of pyridine rings is 1. The van der Waals surface area contributed by atoms with Crippen LogP contribution in [0.4, 0.5) is 10.6 Å². The second-order valence-corrected chi connectivity index (χ2v) is 6.62. The number of hydroxylamine groups is 1. The average molecular weight is 383 g/mol. The topological polar surface area (TPSA) is 89.0 Å². The highest BCUT2D eigenvalue weighted by molar-refractivity contribution is 5.93. The van der Waals surface area contributed by atoms with E-state index >= 15 is 0 Å². The number of nitrogens with one attached hydrogen (secondary N) is 1. The van der Waals surface area contributed by atoms with Crippen molar-refractivity contribution in [2.75, 3.05) is 37.6 Å². The highest BCUT2D eigenvalue weighted by Crippen LogP contribution is 2.18. The van der Waals surface area contributed by atoms with Crippen molar-refractivity contribution in [1.29, 1.82) is 0 Å². The summed E-state index contributed by atoms with van der Waals surface area (Å²) in [5.74, 6) is 0.0144. The second kappa shape index (κ2) is 9.29. The Bertz CT molecular complexity index is 789. The Hall–Kier alpha value is -2.97. The third-order valence-corrected chi connectivity index (χ3v) is 4.91. The number of nitrogens with zero attached hydrogens (tertiary/aromatic N) is 4. The van der Waals surface area contributed by atoms with E-state index < -0.39 is 5.91 Å². The van der Waals surface area contributed by atoms with Crippen LogP contribution in [0, 0.1) is 0 Å². The third kappa shape index (κ3) is 4.65. The molecular formula is C20H25N5O3. The number of carbonyl (C=O) groups is 2. The van der Waals surface area contributed by atoms with Gasteiger partial charge < -0.3 is 9.80 Å². The van der Waals surface area contributed by atoms with E-state index in [4.69, 9.17) is 5.21 Å². The van der Waals surface area contributed by atoms with Crippen LogP contribution in [0.5, 0.6) is 0 Å². The number of likely N-dealkylation sites (N-methyl/N-ethyl adjacent to an activating group) is 1. The molecular weight excluding hydrogens is 358 g/mol. The Kier molecular flexibility index (Phi) is 6.57. The number of carbonyl (C=O) groups excluding carboxylic acids is 2. The fourth-order valence-corrected chi connectivity index (χ4v) is 3.19. The Labute approximate surface area is 164 Å². The maximum Gasteiger partial charge on any atom is 0.326 e.